The summed E-state index contributed by atoms with van der Waals surface area (Å²) in [6.07, 6.45) is -3.73. The van der Waals surface area contributed by atoms with Gasteiger partial charge in [-0.1, -0.05) is 6.07 Å². The molecule has 9 heteroatoms. The molecular formula is C24H28F3N3O3. The van der Waals surface area contributed by atoms with Crippen molar-refractivity contribution in [3.05, 3.63) is 53.6 Å². The smallest absolute Gasteiger partial charge is 0.416 e. The van der Waals surface area contributed by atoms with Crippen LogP contribution in [0.1, 0.15) is 11.1 Å². The van der Waals surface area contributed by atoms with Crippen LogP contribution in [0.15, 0.2) is 42.5 Å². The molecule has 0 saturated carbocycles. The Balaban J connectivity index is 1.21. The first kappa shape index (κ1) is 23.2. The quantitative estimate of drug-likeness (QED) is 0.713. The molecule has 33 heavy (non-hydrogen) atoms. The van der Waals surface area contributed by atoms with Crippen molar-refractivity contribution in [2.24, 2.45) is 5.92 Å². The molecule has 1 fully saturated rings. The molecule has 0 unspecified atom stereocenters. The third-order valence-corrected chi connectivity index (χ3v) is 6.18. The Bertz CT molecular complexity index is 975. The zero-order chi connectivity index (χ0) is 23.4. The van der Waals surface area contributed by atoms with E-state index in [1.54, 1.807) is 13.2 Å². The van der Waals surface area contributed by atoms with Gasteiger partial charge in [-0.15, -0.1) is 0 Å². The van der Waals surface area contributed by atoms with Crippen LogP contribution < -0.4 is 19.7 Å². The Morgan fingerprint density at radius 3 is 2.67 bits per heavy atom. The summed E-state index contributed by atoms with van der Waals surface area (Å²) in [4.78, 5) is 16.8. The first-order chi connectivity index (χ1) is 15.8. The standard InChI is InChI=1S/C24H28F3N3O3/c1-32-21-5-6-22-17(14-21)13-18(16-33-22)23(31)28-7-8-29-9-11-30(12-10-29)20-4-2-3-19(15-20)24(25,26)27/h2-6,14-15,18H,7-13,16H2,1H3,(H,28,31)/t18-/m0/s1. The molecule has 178 valence electrons. The van der Waals surface area contributed by atoms with E-state index in [0.717, 1.165) is 36.2 Å². The molecule has 0 aliphatic carbocycles. The van der Waals surface area contributed by atoms with Crippen LogP contribution in [-0.4, -0.2) is 63.8 Å². The average molecular weight is 464 g/mol. The monoisotopic (exact) mass is 463 g/mol. The van der Waals surface area contributed by atoms with E-state index in [1.807, 2.05) is 23.1 Å². The molecule has 2 heterocycles. The van der Waals surface area contributed by atoms with Crippen LogP contribution in [0.5, 0.6) is 11.5 Å². The second-order valence-electron chi connectivity index (χ2n) is 8.35. The van der Waals surface area contributed by atoms with Gasteiger partial charge in [0.1, 0.15) is 18.1 Å². The van der Waals surface area contributed by atoms with E-state index >= 15 is 0 Å². The summed E-state index contributed by atoms with van der Waals surface area (Å²) in [7, 11) is 1.61. The number of fused-ring (bicyclic) bond motifs is 1. The summed E-state index contributed by atoms with van der Waals surface area (Å²) < 4.78 is 49.9. The third-order valence-electron chi connectivity index (χ3n) is 6.18. The molecule has 1 saturated heterocycles. The van der Waals surface area contributed by atoms with Crippen LogP contribution in [0, 0.1) is 5.92 Å². The lowest BCUT2D eigenvalue weighted by atomic mass is 9.96. The van der Waals surface area contributed by atoms with Gasteiger partial charge in [0.2, 0.25) is 5.91 Å². The van der Waals surface area contributed by atoms with Crippen molar-refractivity contribution in [1.29, 1.82) is 0 Å². The summed E-state index contributed by atoms with van der Waals surface area (Å²) in [5.41, 5.74) is 0.927. The van der Waals surface area contributed by atoms with Crippen LogP contribution in [0.3, 0.4) is 0 Å². The molecule has 0 spiro atoms. The van der Waals surface area contributed by atoms with Crippen LogP contribution in [0.4, 0.5) is 18.9 Å². The van der Waals surface area contributed by atoms with Gasteiger partial charge in [-0.25, -0.2) is 0 Å². The van der Waals surface area contributed by atoms with Crippen molar-refractivity contribution in [2.45, 2.75) is 12.6 Å². The van der Waals surface area contributed by atoms with Gasteiger partial charge in [0.05, 0.1) is 18.6 Å². The summed E-state index contributed by atoms with van der Waals surface area (Å²) in [5.74, 6) is 1.25. The van der Waals surface area contributed by atoms with Crippen LogP contribution in [0.25, 0.3) is 0 Å². The van der Waals surface area contributed by atoms with Crippen LogP contribution >= 0.6 is 0 Å². The summed E-state index contributed by atoms with van der Waals surface area (Å²) in [6.45, 7) is 4.30. The lowest BCUT2D eigenvalue weighted by Crippen LogP contribution is -2.49. The Morgan fingerprint density at radius 1 is 1.15 bits per heavy atom. The Morgan fingerprint density at radius 2 is 1.94 bits per heavy atom. The van der Waals surface area contributed by atoms with Crippen molar-refractivity contribution in [3.63, 3.8) is 0 Å². The van der Waals surface area contributed by atoms with Gasteiger partial charge in [-0.3, -0.25) is 9.69 Å². The predicted octanol–water partition coefficient (Wildman–Crippen LogP) is 3.20. The Labute approximate surface area is 191 Å². The number of carbonyl (C=O) groups excluding carboxylic acids is 1. The summed E-state index contributed by atoms with van der Waals surface area (Å²) in [5, 5.41) is 3.00. The topological polar surface area (TPSA) is 54.0 Å². The number of rotatable bonds is 6. The molecule has 1 N–H and O–H groups in total. The summed E-state index contributed by atoms with van der Waals surface area (Å²) >= 11 is 0. The number of halogens is 3. The second kappa shape index (κ2) is 9.91. The number of anilines is 1. The van der Waals surface area contributed by atoms with Crippen molar-refractivity contribution in [2.75, 3.05) is 57.9 Å². The number of methoxy groups -OCH3 is 1. The third kappa shape index (κ3) is 5.71. The Kier molecular flexibility index (Phi) is 6.97. The van der Waals surface area contributed by atoms with E-state index in [4.69, 9.17) is 9.47 Å². The second-order valence-corrected chi connectivity index (χ2v) is 8.35. The molecule has 2 aliphatic heterocycles. The Hall–Kier alpha value is -2.94. The highest BCUT2D eigenvalue weighted by Crippen LogP contribution is 2.32. The first-order valence-corrected chi connectivity index (χ1v) is 11.1. The highest BCUT2D eigenvalue weighted by atomic mass is 19.4. The molecule has 0 radical (unpaired) electrons. The number of ether oxygens (including phenoxy) is 2. The average Bonchev–Trinajstić information content (AvgIpc) is 2.83. The van der Waals surface area contributed by atoms with E-state index in [1.165, 1.54) is 12.1 Å². The van der Waals surface area contributed by atoms with Gasteiger partial charge < -0.3 is 19.7 Å². The molecule has 2 aromatic rings. The first-order valence-electron chi connectivity index (χ1n) is 11.1. The van der Waals surface area contributed by atoms with Crippen LogP contribution in [-0.2, 0) is 17.4 Å². The minimum atomic E-state index is -4.34. The molecule has 0 aromatic heterocycles. The number of hydrogen-bond acceptors (Lipinski definition) is 5. The van der Waals surface area contributed by atoms with Gasteiger partial charge >= 0.3 is 6.18 Å². The molecule has 0 bridgehead atoms. The SMILES string of the molecule is COc1ccc2c(c1)C[C@H](C(=O)NCCN1CCN(c3cccc(C(F)(F)F)c3)CC1)CO2. The fourth-order valence-corrected chi connectivity index (χ4v) is 4.26. The van der Waals surface area contributed by atoms with Gasteiger partial charge in [0.15, 0.2) is 0 Å². The van der Waals surface area contributed by atoms with E-state index in [-0.39, 0.29) is 11.8 Å². The molecule has 1 atom stereocenters. The van der Waals surface area contributed by atoms with Gasteiger partial charge in [0, 0.05) is 45.0 Å². The molecule has 2 aromatic carbocycles. The normalized spacial score (nSPS) is 18.9. The van der Waals surface area contributed by atoms with E-state index in [0.29, 0.717) is 44.9 Å². The number of alkyl halides is 3. The van der Waals surface area contributed by atoms with Crippen molar-refractivity contribution in [1.82, 2.24) is 10.2 Å². The minimum Gasteiger partial charge on any atom is -0.497 e. The highest BCUT2D eigenvalue weighted by molar-refractivity contribution is 5.79. The fraction of sp³-hybridized carbons (Fsp3) is 0.458. The predicted molar refractivity (Wildman–Crippen MR) is 119 cm³/mol. The molecule has 2 aliphatic rings. The minimum absolute atomic E-state index is 0.0360. The molecular weight excluding hydrogens is 435 g/mol. The maximum Gasteiger partial charge on any atom is 0.416 e. The van der Waals surface area contributed by atoms with Gasteiger partial charge in [-0.2, -0.15) is 13.2 Å². The number of nitrogens with one attached hydrogen (secondary N) is 1. The zero-order valence-corrected chi connectivity index (χ0v) is 18.5. The molecule has 4 rings (SSSR count). The van der Waals surface area contributed by atoms with Crippen molar-refractivity contribution < 1.29 is 27.4 Å². The number of benzene rings is 2. The molecule has 6 nitrogen and oxygen atoms in total. The number of piperazine rings is 1. The fourth-order valence-electron chi connectivity index (χ4n) is 4.26. The largest absolute Gasteiger partial charge is 0.497 e. The zero-order valence-electron chi connectivity index (χ0n) is 18.5. The van der Waals surface area contributed by atoms with E-state index < -0.39 is 11.7 Å². The number of amides is 1. The number of nitrogens with zero attached hydrogens (tertiary/aromatic N) is 2. The maximum absolute atomic E-state index is 13.0. The number of carbonyl (C=O) groups is 1. The summed E-state index contributed by atoms with van der Waals surface area (Å²) in [6, 6.07) is 11.1. The van der Waals surface area contributed by atoms with E-state index in [9.17, 15) is 18.0 Å². The molecule has 1 amide bonds. The maximum atomic E-state index is 13.0. The van der Waals surface area contributed by atoms with Gasteiger partial charge in [-0.05, 0) is 48.4 Å². The lowest BCUT2D eigenvalue weighted by Gasteiger charge is -2.36. The van der Waals surface area contributed by atoms with Crippen LogP contribution in [0.2, 0.25) is 0 Å². The van der Waals surface area contributed by atoms with Crippen molar-refractivity contribution in [3.8, 4) is 11.5 Å². The number of hydrogen-bond donors (Lipinski definition) is 1. The van der Waals surface area contributed by atoms with Gasteiger partial charge in [0.25, 0.3) is 0 Å². The van der Waals surface area contributed by atoms with E-state index in [2.05, 4.69) is 10.2 Å². The van der Waals surface area contributed by atoms with Crippen molar-refractivity contribution >= 4 is 11.6 Å². The lowest BCUT2D eigenvalue weighted by molar-refractivity contribution is -0.137. The highest BCUT2D eigenvalue weighted by Gasteiger charge is 2.31.